The number of rotatable bonds is 4. The van der Waals surface area contributed by atoms with Gasteiger partial charge in [-0.2, -0.15) is 0 Å². The minimum atomic E-state index is -0.447. The Kier molecular flexibility index (Phi) is 8.92. The summed E-state index contributed by atoms with van der Waals surface area (Å²) in [5.41, 5.74) is 0.518. The molecule has 133 valence electrons. The van der Waals surface area contributed by atoms with Gasteiger partial charge in [0.2, 0.25) is 0 Å². The van der Waals surface area contributed by atoms with Gasteiger partial charge in [-0.3, -0.25) is 0 Å². The molecular formula is C17H33BNO4. The minimum absolute atomic E-state index is 0.177. The van der Waals surface area contributed by atoms with Gasteiger partial charge in [0.05, 0.1) is 0 Å². The van der Waals surface area contributed by atoms with Crippen molar-refractivity contribution in [2.24, 2.45) is 5.92 Å². The second kappa shape index (κ2) is 9.33. The number of amides is 1. The van der Waals surface area contributed by atoms with Crippen molar-refractivity contribution in [2.45, 2.75) is 66.1 Å². The predicted octanol–water partition coefficient (Wildman–Crippen LogP) is 3.19. The molecule has 0 atom stereocenters. The van der Waals surface area contributed by atoms with Gasteiger partial charge in [-0.1, -0.05) is 25.4 Å². The first-order valence-corrected chi connectivity index (χ1v) is 8.14. The maximum absolute atomic E-state index is 12.0. The van der Waals surface area contributed by atoms with Crippen molar-refractivity contribution in [1.82, 2.24) is 4.90 Å². The first-order chi connectivity index (χ1) is 10.5. The molecule has 1 amide bonds. The first-order valence-electron chi connectivity index (χ1n) is 8.14. The van der Waals surface area contributed by atoms with E-state index in [1.807, 2.05) is 34.3 Å². The predicted molar refractivity (Wildman–Crippen MR) is 94.4 cm³/mol. The zero-order chi connectivity index (χ0) is 18.3. The minimum Gasteiger partial charge on any atom is -0.444 e. The maximum Gasteiger partial charge on any atom is 0.410 e. The van der Waals surface area contributed by atoms with Crippen molar-refractivity contribution in [1.29, 1.82) is 0 Å². The number of aliphatic hydroxyl groups is 1. The summed E-state index contributed by atoms with van der Waals surface area (Å²) in [4.78, 5) is 13.7. The molecule has 0 aromatic rings. The molecule has 1 heterocycles. The van der Waals surface area contributed by atoms with Gasteiger partial charge in [-0.15, -0.1) is 0 Å². The molecule has 0 aliphatic carbocycles. The van der Waals surface area contributed by atoms with Crippen LogP contribution < -0.4 is 0 Å². The maximum atomic E-state index is 12.0. The number of hydrogen-bond acceptors (Lipinski definition) is 4. The summed E-state index contributed by atoms with van der Waals surface area (Å²) < 4.78 is 11.3. The highest BCUT2D eigenvalue weighted by Crippen LogP contribution is 2.22. The lowest BCUT2D eigenvalue weighted by Crippen LogP contribution is -2.40. The molecule has 5 nitrogen and oxygen atoms in total. The lowest BCUT2D eigenvalue weighted by Gasteiger charge is -2.32. The van der Waals surface area contributed by atoms with E-state index >= 15 is 0 Å². The monoisotopic (exact) mass is 326 g/mol. The Morgan fingerprint density at radius 1 is 1.26 bits per heavy atom. The summed E-state index contributed by atoms with van der Waals surface area (Å²) in [6.45, 7) is 15.4. The van der Waals surface area contributed by atoms with Gasteiger partial charge in [0, 0.05) is 25.8 Å². The average molecular weight is 326 g/mol. The summed E-state index contributed by atoms with van der Waals surface area (Å²) in [7, 11) is 2.84. The van der Waals surface area contributed by atoms with Crippen LogP contribution in [-0.4, -0.2) is 55.0 Å². The molecule has 0 spiro atoms. The molecule has 0 unspecified atom stereocenters. The Balaban J connectivity index is 0.00000232. The van der Waals surface area contributed by atoms with E-state index in [0.29, 0.717) is 19.0 Å². The summed E-state index contributed by atoms with van der Waals surface area (Å²) in [5.74, 6) is 0.441. The van der Waals surface area contributed by atoms with Crippen molar-refractivity contribution in [3.05, 3.63) is 11.5 Å². The van der Waals surface area contributed by atoms with Crippen molar-refractivity contribution < 1.29 is 19.3 Å². The van der Waals surface area contributed by atoms with Gasteiger partial charge < -0.3 is 19.4 Å². The van der Waals surface area contributed by atoms with Gasteiger partial charge in [0.15, 0.2) is 0 Å². The van der Waals surface area contributed by atoms with Crippen LogP contribution in [0.1, 0.15) is 54.9 Å². The number of aliphatic hydroxyl groups excluding tert-OH is 1. The third-order valence-corrected chi connectivity index (χ3v) is 3.80. The van der Waals surface area contributed by atoms with E-state index in [1.54, 1.807) is 4.90 Å². The fourth-order valence-corrected chi connectivity index (χ4v) is 1.65. The van der Waals surface area contributed by atoms with Crippen LogP contribution in [0.15, 0.2) is 11.5 Å². The Morgan fingerprint density at radius 3 is 2.22 bits per heavy atom. The fraction of sp³-hybridized carbons (Fsp3) is 0.824. The molecule has 0 bridgehead atoms. The second-order valence-electron chi connectivity index (χ2n) is 7.45. The average Bonchev–Trinajstić information content (AvgIpc) is 2.46. The molecule has 6 heteroatoms. The standard InChI is InChI=1S/C16H29BNO3.CH4O/c1-12(2)16(6,7)21-17-13-8-10-18(11-9-13)14(19)20-15(3,4)5;1-2/h8,12H,9-11H2,1-7H3;2H,1H3. The van der Waals surface area contributed by atoms with E-state index in [0.717, 1.165) is 19.0 Å². The van der Waals surface area contributed by atoms with E-state index in [2.05, 4.69) is 27.7 Å². The summed E-state index contributed by atoms with van der Waals surface area (Å²) >= 11 is 0. The topological polar surface area (TPSA) is 59.0 Å². The summed E-state index contributed by atoms with van der Waals surface area (Å²) in [6.07, 6.45) is 2.58. The van der Waals surface area contributed by atoms with Gasteiger partial charge >= 0.3 is 13.6 Å². The van der Waals surface area contributed by atoms with Gasteiger partial charge in [0.25, 0.3) is 0 Å². The number of nitrogens with zero attached hydrogens (tertiary/aromatic N) is 1. The van der Waals surface area contributed by atoms with Crippen LogP contribution in [0.4, 0.5) is 4.79 Å². The van der Waals surface area contributed by atoms with E-state index in [4.69, 9.17) is 14.5 Å². The van der Waals surface area contributed by atoms with E-state index in [-0.39, 0.29) is 11.7 Å². The second-order valence-corrected chi connectivity index (χ2v) is 7.45. The Morgan fingerprint density at radius 2 is 1.83 bits per heavy atom. The third kappa shape index (κ3) is 8.42. The van der Waals surface area contributed by atoms with Crippen LogP contribution in [0, 0.1) is 5.92 Å². The molecule has 1 N–H and O–H groups in total. The van der Waals surface area contributed by atoms with Gasteiger partial charge in [-0.05, 0) is 47.0 Å². The molecule has 0 fully saturated rings. The number of ether oxygens (including phenoxy) is 1. The molecule has 0 saturated carbocycles. The number of carbonyl (C=O) groups is 1. The molecule has 23 heavy (non-hydrogen) atoms. The van der Waals surface area contributed by atoms with Crippen LogP contribution >= 0.6 is 0 Å². The zero-order valence-corrected chi connectivity index (χ0v) is 16.0. The number of carbonyl (C=O) groups excluding carboxylic acids is 1. The Labute approximate surface area is 142 Å². The molecule has 1 aliphatic heterocycles. The lowest BCUT2D eigenvalue weighted by molar-refractivity contribution is 0.0264. The fourth-order valence-electron chi connectivity index (χ4n) is 1.65. The highest BCUT2D eigenvalue weighted by Gasteiger charge is 2.26. The zero-order valence-electron chi connectivity index (χ0n) is 16.0. The first kappa shape index (κ1) is 22.0. The van der Waals surface area contributed by atoms with Crippen molar-refractivity contribution in [3.8, 4) is 0 Å². The molecule has 1 rings (SSSR count). The molecule has 1 aliphatic rings. The SMILES string of the molecule is CC(C)C(C)(C)O[B]C1=CCN(C(=O)OC(C)(C)C)CC1.CO. The molecule has 0 saturated heterocycles. The van der Waals surface area contributed by atoms with Crippen LogP contribution in [0.25, 0.3) is 0 Å². The Bertz CT molecular complexity index is 400. The van der Waals surface area contributed by atoms with E-state index in [1.165, 1.54) is 0 Å². The third-order valence-electron chi connectivity index (χ3n) is 3.80. The molecule has 0 aromatic heterocycles. The molecular weight excluding hydrogens is 293 g/mol. The smallest absolute Gasteiger partial charge is 0.410 e. The van der Waals surface area contributed by atoms with Crippen LogP contribution in [-0.2, 0) is 9.39 Å². The van der Waals surface area contributed by atoms with Crippen molar-refractivity contribution in [3.63, 3.8) is 0 Å². The van der Waals surface area contributed by atoms with Crippen molar-refractivity contribution in [2.75, 3.05) is 20.2 Å². The normalized spacial score (nSPS) is 15.6. The van der Waals surface area contributed by atoms with E-state index < -0.39 is 5.60 Å². The highest BCUT2D eigenvalue weighted by molar-refractivity contribution is 6.38. The van der Waals surface area contributed by atoms with Crippen LogP contribution in [0.2, 0.25) is 0 Å². The largest absolute Gasteiger partial charge is 0.444 e. The highest BCUT2D eigenvalue weighted by atomic mass is 16.6. The van der Waals surface area contributed by atoms with E-state index in [9.17, 15) is 4.79 Å². The van der Waals surface area contributed by atoms with Crippen molar-refractivity contribution >= 4 is 13.6 Å². The molecule has 0 aromatic carbocycles. The summed E-state index contributed by atoms with van der Waals surface area (Å²) in [6, 6.07) is 0. The number of hydrogen-bond donors (Lipinski definition) is 1. The van der Waals surface area contributed by atoms with Crippen LogP contribution in [0.5, 0.6) is 0 Å². The Hall–Kier alpha value is -1.01. The lowest BCUT2D eigenvalue weighted by atomic mass is 9.80. The van der Waals surface area contributed by atoms with Gasteiger partial charge in [0.1, 0.15) is 5.60 Å². The summed E-state index contributed by atoms with van der Waals surface area (Å²) in [5, 5.41) is 7.00. The quantitative estimate of drug-likeness (QED) is 0.806. The van der Waals surface area contributed by atoms with Crippen LogP contribution in [0.3, 0.4) is 0 Å². The van der Waals surface area contributed by atoms with Gasteiger partial charge in [-0.25, -0.2) is 4.79 Å². The molecule has 1 radical (unpaired) electrons.